The Labute approximate surface area is 178 Å². The molecule has 2 N–H and O–H groups in total. The second kappa shape index (κ2) is 10.0. The smallest absolute Gasteiger partial charge is 0.324 e. The summed E-state index contributed by atoms with van der Waals surface area (Å²) in [4.78, 5) is 37.2. The highest BCUT2D eigenvalue weighted by Crippen LogP contribution is 2.54. The van der Waals surface area contributed by atoms with Crippen LogP contribution in [0.2, 0.25) is 10.0 Å². The quantitative estimate of drug-likeness (QED) is 0.410. The lowest BCUT2D eigenvalue weighted by Crippen LogP contribution is -2.32. The molecule has 2 rings (SSSR count). The largest absolute Gasteiger partial charge is 0.333 e. The molecule has 0 aromatic heterocycles. The first-order valence-corrected chi connectivity index (χ1v) is 11.1. The zero-order chi connectivity index (χ0) is 21.8. The van der Waals surface area contributed by atoms with Crippen molar-refractivity contribution in [2.45, 2.75) is 32.0 Å². The predicted molar refractivity (Wildman–Crippen MR) is 109 cm³/mol. The molecular weight excluding hydrogens is 443 g/mol. The fourth-order valence-corrected chi connectivity index (χ4v) is 4.07. The maximum Gasteiger partial charge on any atom is 0.333 e. The molecule has 0 spiro atoms. The monoisotopic (exact) mass is 463 g/mol. The summed E-state index contributed by atoms with van der Waals surface area (Å²) in [5.41, 5.74) is -0.236. The van der Waals surface area contributed by atoms with Gasteiger partial charge in [-0.3, -0.25) is 14.2 Å². The van der Waals surface area contributed by atoms with Crippen LogP contribution in [0.5, 0.6) is 0 Å². The summed E-state index contributed by atoms with van der Waals surface area (Å²) in [6.07, 6.45) is -0.643. The Morgan fingerprint density at radius 1 is 1.14 bits per heavy atom. The van der Waals surface area contributed by atoms with E-state index in [-0.39, 0.29) is 23.0 Å². The standard InChI is InChI=1S/C19H21Cl2FNO5P/c1-12(14-3-6-16(22)7-4-14)28-23(13(2)24)10-9-19(29(25,26)27)15-5-8-17(20)18(21)11-15/h3-8,11-12,19H,9-10H2,1-2H3,(H2,25,26,27). The number of hydroxylamine groups is 2. The highest BCUT2D eigenvalue weighted by molar-refractivity contribution is 7.52. The summed E-state index contributed by atoms with van der Waals surface area (Å²) in [7, 11) is -4.55. The molecule has 0 aliphatic rings. The summed E-state index contributed by atoms with van der Waals surface area (Å²) in [6, 6.07) is 9.96. The maximum atomic E-state index is 13.1. The Balaban J connectivity index is 2.15. The molecule has 0 saturated carbocycles. The van der Waals surface area contributed by atoms with Crippen LogP contribution in [0.25, 0.3) is 0 Å². The van der Waals surface area contributed by atoms with E-state index in [4.69, 9.17) is 28.0 Å². The summed E-state index contributed by atoms with van der Waals surface area (Å²) in [6.45, 7) is 2.89. The average molecular weight is 464 g/mol. The number of nitrogens with zero attached hydrogens (tertiary/aromatic N) is 1. The number of rotatable bonds is 8. The third kappa shape index (κ3) is 6.78. The number of hydrogen-bond donors (Lipinski definition) is 2. The molecule has 2 unspecified atom stereocenters. The molecule has 10 heteroatoms. The minimum atomic E-state index is -4.55. The van der Waals surface area contributed by atoms with Crippen LogP contribution in [-0.2, 0) is 14.2 Å². The Hall–Kier alpha value is -1.47. The van der Waals surface area contributed by atoms with Crippen LogP contribution in [0.1, 0.15) is 43.2 Å². The van der Waals surface area contributed by atoms with Gasteiger partial charge in [0.2, 0.25) is 5.91 Å². The van der Waals surface area contributed by atoms with E-state index in [1.165, 1.54) is 49.4 Å². The number of halogens is 3. The van der Waals surface area contributed by atoms with Crippen LogP contribution >= 0.6 is 30.8 Å². The minimum Gasteiger partial charge on any atom is -0.324 e. The lowest BCUT2D eigenvalue weighted by molar-refractivity contribution is -0.203. The fourth-order valence-electron chi connectivity index (χ4n) is 2.76. The highest BCUT2D eigenvalue weighted by Gasteiger charge is 2.32. The van der Waals surface area contributed by atoms with Gasteiger partial charge in [0.25, 0.3) is 0 Å². The number of amides is 1. The van der Waals surface area contributed by atoms with Crippen LogP contribution in [0, 0.1) is 5.82 Å². The fraction of sp³-hybridized carbons (Fsp3) is 0.316. The van der Waals surface area contributed by atoms with E-state index >= 15 is 0 Å². The SMILES string of the molecule is CC(=O)N(CCC(c1ccc(Cl)c(Cl)c1)P(=O)(O)O)OC(C)c1ccc(F)cc1. The van der Waals surface area contributed by atoms with Gasteiger partial charge in [-0.1, -0.05) is 41.4 Å². The number of hydrogen-bond acceptors (Lipinski definition) is 3. The molecule has 158 valence electrons. The second-order valence-corrected chi connectivity index (χ2v) is 9.10. The van der Waals surface area contributed by atoms with Crippen LogP contribution in [0.15, 0.2) is 42.5 Å². The van der Waals surface area contributed by atoms with Gasteiger partial charge in [0.1, 0.15) is 11.9 Å². The molecule has 0 radical (unpaired) electrons. The van der Waals surface area contributed by atoms with Gasteiger partial charge in [-0.25, -0.2) is 9.45 Å². The van der Waals surface area contributed by atoms with E-state index in [1.54, 1.807) is 6.92 Å². The molecule has 0 bridgehead atoms. The van der Waals surface area contributed by atoms with Gasteiger partial charge in [0, 0.05) is 13.5 Å². The maximum absolute atomic E-state index is 13.1. The van der Waals surface area contributed by atoms with Gasteiger partial charge >= 0.3 is 7.60 Å². The first kappa shape index (κ1) is 23.8. The molecule has 0 aliphatic heterocycles. The number of carbonyl (C=O) groups is 1. The van der Waals surface area contributed by atoms with E-state index < -0.39 is 31.1 Å². The van der Waals surface area contributed by atoms with Gasteiger partial charge in [0.15, 0.2) is 0 Å². The molecule has 0 fully saturated rings. The van der Waals surface area contributed by atoms with Crippen molar-refractivity contribution in [1.82, 2.24) is 5.06 Å². The Kier molecular flexibility index (Phi) is 8.23. The Bertz CT molecular complexity index is 906. The van der Waals surface area contributed by atoms with Crippen molar-refractivity contribution in [3.8, 4) is 0 Å². The molecule has 0 heterocycles. The lowest BCUT2D eigenvalue weighted by Gasteiger charge is -2.27. The van der Waals surface area contributed by atoms with Crippen molar-refractivity contribution in [3.05, 3.63) is 69.5 Å². The summed E-state index contributed by atoms with van der Waals surface area (Å²) in [5, 5.41) is 1.47. The third-order valence-electron chi connectivity index (χ3n) is 4.32. The normalized spacial score (nSPS) is 13.8. The number of benzene rings is 2. The van der Waals surface area contributed by atoms with Gasteiger partial charge in [-0.15, -0.1) is 0 Å². The summed E-state index contributed by atoms with van der Waals surface area (Å²) >= 11 is 11.8. The first-order valence-electron chi connectivity index (χ1n) is 8.69. The average Bonchev–Trinajstić information content (AvgIpc) is 2.63. The van der Waals surface area contributed by atoms with Crippen LogP contribution in [0.3, 0.4) is 0 Å². The first-order chi connectivity index (χ1) is 13.5. The van der Waals surface area contributed by atoms with Crippen LogP contribution < -0.4 is 0 Å². The topological polar surface area (TPSA) is 87.1 Å². The van der Waals surface area contributed by atoms with Crippen molar-refractivity contribution in [3.63, 3.8) is 0 Å². The third-order valence-corrected chi connectivity index (χ3v) is 6.42. The number of carbonyl (C=O) groups excluding carboxylic acids is 1. The van der Waals surface area contributed by atoms with E-state index in [1.807, 2.05) is 0 Å². The molecule has 2 atom stereocenters. The van der Waals surface area contributed by atoms with Crippen LogP contribution in [0.4, 0.5) is 4.39 Å². The lowest BCUT2D eigenvalue weighted by atomic mass is 10.1. The summed E-state index contributed by atoms with van der Waals surface area (Å²) < 4.78 is 25.1. The molecule has 1 amide bonds. The molecule has 0 aliphatic carbocycles. The van der Waals surface area contributed by atoms with Crippen molar-refractivity contribution < 1.29 is 28.4 Å². The minimum absolute atomic E-state index is 0.0715. The molecule has 2 aromatic carbocycles. The van der Waals surface area contributed by atoms with Crippen molar-refractivity contribution in [2.75, 3.05) is 6.54 Å². The zero-order valence-corrected chi connectivity index (χ0v) is 18.2. The highest BCUT2D eigenvalue weighted by atomic mass is 35.5. The van der Waals surface area contributed by atoms with E-state index in [2.05, 4.69) is 0 Å². The van der Waals surface area contributed by atoms with Gasteiger partial charge < -0.3 is 9.79 Å². The van der Waals surface area contributed by atoms with Gasteiger partial charge in [-0.05, 0) is 48.7 Å². The molecule has 29 heavy (non-hydrogen) atoms. The molecular formula is C19H21Cl2FNO5P. The van der Waals surface area contributed by atoms with E-state index in [9.17, 15) is 23.5 Å². The molecule has 2 aromatic rings. The predicted octanol–water partition coefficient (Wildman–Crippen LogP) is 5.28. The van der Waals surface area contributed by atoms with Crippen molar-refractivity contribution in [2.24, 2.45) is 0 Å². The zero-order valence-electron chi connectivity index (χ0n) is 15.8. The summed E-state index contributed by atoms with van der Waals surface area (Å²) in [5.74, 6) is -0.826. The molecule has 6 nitrogen and oxygen atoms in total. The Morgan fingerprint density at radius 2 is 1.72 bits per heavy atom. The van der Waals surface area contributed by atoms with Crippen LogP contribution in [-0.4, -0.2) is 27.3 Å². The second-order valence-electron chi connectivity index (χ2n) is 6.49. The van der Waals surface area contributed by atoms with E-state index in [0.717, 1.165) is 5.06 Å². The molecule has 0 saturated heterocycles. The Morgan fingerprint density at radius 3 is 2.24 bits per heavy atom. The van der Waals surface area contributed by atoms with E-state index in [0.29, 0.717) is 11.1 Å². The van der Waals surface area contributed by atoms with Crippen molar-refractivity contribution >= 4 is 36.7 Å². The van der Waals surface area contributed by atoms with Gasteiger partial charge in [-0.2, -0.15) is 0 Å². The van der Waals surface area contributed by atoms with Gasteiger partial charge in [0.05, 0.1) is 15.7 Å². The van der Waals surface area contributed by atoms with Crippen molar-refractivity contribution in [1.29, 1.82) is 0 Å².